The van der Waals surface area contributed by atoms with E-state index in [-0.39, 0.29) is 11.3 Å². The van der Waals surface area contributed by atoms with Crippen molar-refractivity contribution in [1.29, 1.82) is 0 Å². The fourth-order valence-corrected chi connectivity index (χ4v) is 1.98. The summed E-state index contributed by atoms with van der Waals surface area (Å²) in [6.45, 7) is 8.04. The standard InChI is InChI=1S/C11H22/c1-9-7-5-6-8-10(9)11(2,3)4/h9-10H,5-8H2,1-4H3/i8D2,9D. The first-order valence-electron chi connectivity index (χ1n) is 6.07. The van der Waals surface area contributed by atoms with Crippen LogP contribution in [0, 0.1) is 17.2 Å². The topological polar surface area (TPSA) is 0 Å². The van der Waals surface area contributed by atoms with Gasteiger partial charge in [0, 0.05) is 4.11 Å². The lowest BCUT2D eigenvalue weighted by Gasteiger charge is -2.38. The molecule has 0 heteroatoms. The molecule has 1 fully saturated rings. The first-order valence-corrected chi connectivity index (χ1v) is 4.57. The largest absolute Gasteiger partial charge is 0.0622 e. The highest BCUT2D eigenvalue weighted by molar-refractivity contribution is 4.81. The molecule has 1 aliphatic rings. The van der Waals surface area contributed by atoms with E-state index in [1.54, 1.807) is 0 Å². The molecular weight excluding hydrogens is 132 g/mol. The summed E-state index contributed by atoms with van der Waals surface area (Å²) in [5.74, 6) is -0.781. The molecule has 1 saturated carbocycles. The Kier molecular flexibility index (Phi) is 1.61. The Balaban J connectivity index is 3.04. The molecule has 0 spiro atoms. The molecule has 1 rings (SSSR count). The minimum absolute atomic E-state index is 0.125. The van der Waals surface area contributed by atoms with E-state index in [2.05, 4.69) is 0 Å². The van der Waals surface area contributed by atoms with Gasteiger partial charge in [-0.05, 0) is 23.6 Å². The maximum absolute atomic E-state index is 8.25. The third-order valence-electron chi connectivity index (χ3n) is 2.46. The van der Waals surface area contributed by atoms with Crippen molar-refractivity contribution in [2.45, 2.75) is 53.3 Å². The molecule has 0 nitrogen and oxygen atoms in total. The van der Waals surface area contributed by atoms with E-state index in [0.717, 1.165) is 12.8 Å². The molecule has 2 atom stereocenters. The smallest absolute Gasteiger partial charge is 0.0303 e. The summed E-state index contributed by atoms with van der Waals surface area (Å²) in [7, 11) is 0. The Morgan fingerprint density at radius 2 is 2.00 bits per heavy atom. The summed E-state index contributed by atoms with van der Waals surface area (Å²) in [5, 5.41) is 0. The van der Waals surface area contributed by atoms with Crippen molar-refractivity contribution in [2.24, 2.45) is 17.2 Å². The Labute approximate surface area is 75.6 Å². The quantitative estimate of drug-likeness (QED) is 0.501. The molecule has 0 aliphatic heterocycles. The summed E-state index contributed by atoms with van der Waals surface area (Å²) in [4.78, 5) is 0. The van der Waals surface area contributed by atoms with Crippen molar-refractivity contribution >= 4 is 0 Å². The zero-order valence-electron chi connectivity index (χ0n) is 11.2. The van der Waals surface area contributed by atoms with Crippen LogP contribution in [0.1, 0.15) is 57.4 Å². The van der Waals surface area contributed by atoms with Gasteiger partial charge < -0.3 is 0 Å². The van der Waals surface area contributed by atoms with Gasteiger partial charge >= 0.3 is 0 Å². The summed E-state index contributed by atoms with van der Waals surface area (Å²) >= 11 is 0. The van der Waals surface area contributed by atoms with Crippen LogP contribution in [0.3, 0.4) is 0 Å². The molecule has 11 heavy (non-hydrogen) atoms. The lowest BCUT2D eigenvalue weighted by molar-refractivity contribution is 0.119. The Hall–Kier alpha value is 0. The van der Waals surface area contributed by atoms with Gasteiger partial charge in [-0.1, -0.05) is 47.0 Å². The van der Waals surface area contributed by atoms with E-state index in [1.165, 1.54) is 0 Å². The number of rotatable bonds is 0. The second-order valence-electron chi connectivity index (χ2n) is 4.70. The van der Waals surface area contributed by atoms with E-state index in [9.17, 15) is 0 Å². The van der Waals surface area contributed by atoms with Gasteiger partial charge in [0.25, 0.3) is 0 Å². The maximum Gasteiger partial charge on any atom is 0.0303 e. The maximum atomic E-state index is 8.25. The van der Waals surface area contributed by atoms with Crippen molar-refractivity contribution in [2.75, 3.05) is 0 Å². The molecule has 0 N–H and O–H groups in total. The first kappa shape index (κ1) is 5.61. The van der Waals surface area contributed by atoms with E-state index < -0.39 is 12.3 Å². The van der Waals surface area contributed by atoms with Gasteiger partial charge in [0.1, 0.15) is 0 Å². The lowest BCUT2D eigenvalue weighted by Crippen LogP contribution is -2.29. The van der Waals surface area contributed by atoms with Gasteiger partial charge in [0.05, 0.1) is 0 Å². The Bertz CT molecular complexity index is 197. The monoisotopic (exact) mass is 157 g/mol. The predicted molar refractivity (Wildman–Crippen MR) is 50.6 cm³/mol. The third kappa shape index (κ3) is 2.21. The van der Waals surface area contributed by atoms with Crippen LogP contribution in [0.15, 0.2) is 0 Å². The van der Waals surface area contributed by atoms with Crippen molar-refractivity contribution in [3.63, 3.8) is 0 Å². The van der Waals surface area contributed by atoms with Crippen molar-refractivity contribution in [3.8, 4) is 0 Å². The number of hydrogen-bond acceptors (Lipinski definition) is 0. The lowest BCUT2D eigenvalue weighted by atomic mass is 9.67. The summed E-state index contributed by atoms with van der Waals surface area (Å²) in [5.41, 5.74) is -0.125. The van der Waals surface area contributed by atoms with Gasteiger partial charge in [0.15, 0.2) is 0 Å². The highest BCUT2D eigenvalue weighted by Gasteiger charge is 2.30. The highest BCUT2D eigenvalue weighted by atomic mass is 14.4. The van der Waals surface area contributed by atoms with Gasteiger partial charge in [-0.25, -0.2) is 0 Å². The minimum atomic E-state index is -1.17. The molecule has 0 amide bonds. The molecule has 0 saturated heterocycles. The van der Waals surface area contributed by atoms with Crippen molar-refractivity contribution in [1.82, 2.24) is 0 Å². The Morgan fingerprint density at radius 1 is 1.36 bits per heavy atom. The van der Waals surface area contributed by atoms with Gasteiger partial charge in [-0.2, -0.15) is 0 Å². The van der Waals surface area contributed by atoms with Crippen LogP contribution in [0.2, 0.25) is 0 Å². The molecule has 0 aromatic rings. The van der Waals surface area contributed by atoms with Crippen molar-refractivity contribution in [3.05, 3.63) is 0 Å². The van der Waals surface area contributed by atoms with E-state index in [0.29, 0.717) is 6.42 Å². The van der Waals surface area contributed by atoms with Crippen molar-refractivity contribution < 1.29 is 4.11 Å². The first-order chi connectivity index (χ1) is 6.07. The average molecular weight is 157 g/mol. The molecular formula is C11H22. The van der Waals surface area contributed by atoms with Gasteiger partial charge in [0.2, 0.25) is 0 Å². The summed E-state index contributed by atoms with van der Waals surface area (Å²) < 4.78 is 24.3. The van der Waals surface area contributed by atoms with E-state index in [4.69, 9.17) is 4.11 Å². The molecule has 0 aromatic heterocycles. The van der Waals surface area contributed by atoms with Crippen LogP contribution in [-0.4, -0.2) is 0 Å². The van der Waals surface area contributed by atoms with Crippen LogP contribution in [-0.2, 0) is 0 Å². The molecule has 0 bridgehead atoms. The van der Waals surface area contributed by atoms with Crippen LogP contribution in [0.25, 0.3) is 0 Å². The van der Waals surface area contributed by atoms with Crippen LogP contribution >= 0.6 is 0 Å². The van der Waals surface area contributed by atoms with Gasteiger partial charge in [-0.15, -0.1) is 0 Å². The minimum Gasteiger partial charge on any atom is -0.0622 e. The fraction of sp³-hybridized carbons (Fsp3) is 1.00. The van der Waals surface area contributed by atoms with Crippen LogP contribution in [0.4, 0.5) is 0 Å². The zero-order valence-corrected chi connectivity index (χ0v) is 8.20. The normalized spacial score (nSPS) is 49.1. The number of hydrogen-bond donors (Lipinski definition) is 0. The summed E-state index contributed by atoms with van der Waals surface area (Å²) in [6, 6.07) is 0. The predicted octanol–water partition coefficient (Wildman–Crippen LogP) is 3.86. The average Bonchev–Trinajstić information content (AvgIpc) is 1.76. The molecule has 0 heterocycles. The fourth-order valence-electron chi connectivity index (χ4n) is 1.98. The molecule has 0 aromatic carbocycles. The van der Waals surface area contributed by atoms with E-state index >= 15 is 0 Å². The Morgan fingerprint density at radius 3 is 2.36 bits per heavy atom. The van der Waals surface area contributed by atoms with Gasteiger partial charge in [-0.3, -0.25) is 0 Å². The summed E-state index contributed by atoms with van der Waals surface area (Å²) in [6.07, 6.45) is 1.12. The SMILES string of the molecule is [2H]C1([2H])CCCC([2H])(C)C1C(C)(C)C. The molecule has 1 aliphatic carbocycles. The van der Waals surface area contributed by atoms with Crippen LogP contribution < -0.4 is 0 Å². The molecule has 2 unspecified atom stereocenters. The second kappa shape index (κ2) is 3.16. The highest BCUT2D eigenvalue weighted by Crippen LogP contribution is 2.41. The zero-order chi connectivity index (χ0) is 11.2. The third-order valence-corrected chi connectivity index (χ3v) is 2.46. The van der Waals surface area contributed by atoms with Crippen LogP contribution in [0.5, 0.6) is 0 Å². The second-order valence-corrected chi connectivity index (χ2v) is 4.70. The molecule has 0 radical (unpaired) electrons. The van der Waals surface area contributed by atoms with E-state index in [1.807, 2.05) is 27.7 Å². The molecule has 66 valence electrons.